The molecule has 0 amide bonds. The average Bonchev–Trinajstić information content (AvgIpc) is 2.76. The first kappa shape index (κ1) is 15.1. The molecule has 3 saturated carbocycles. The lowest BCUT2D eigenvalue weighted by Gasteiger charge is -2.63. The Morgan fingerprint density at radius 2 is 1.91 bits per heavy atom. The van der Waals surface area contributed by atoms with Crippen LogP contribution in [0.2, 0.25) is 0 Å². The van der Waals surface area contributed by atoms with Crippen molar-refractivity contribution in [1.29, 1.82) is 0 Å². The molecule has 2 nitrogen and oxygen atoms in total. The highest BCUT2D eigenvalue weighted by Crippen LogP contribution is 2.73. The summed E-state index contributed by atoms with van der Waals surface area (Å²) in [6, 6.07) is 10.2. The van der Waals surface area contributed by atoms with E-state index in [1.807, 2.05) is 24.0 Å². The lowest BCUT2D eigenvalue weighted by molar-refractivity contribution is -0.199. The van der Waals surface area contributed by atoms with Gasteiger partial charge in [-0.25, -0.2) is 0 Å². The number of hydrogen-bond donors (Lipinski definition) is 0. The van der Waals surface area contributed by atoms with Crippen LogP contribution in [0, 0.1) is 17.3 Å². The van der Waals surface area contributed by atoms with Crippen molar-refractivity contribution in [3.63, 3.8) is 0 Å². The fourth-order valence-electron chi connectivity index (χ4n) is 4.66. The van der Waals surface area contributed by atoms with Crippen LogP contribution >= 0.6 is 6.49 Å². The molecule has 22 heavy (non-hydrogen) atoms. The molecule has 1 aromatic rings. The van der Waals surface area contributed by atoms with Crippen molar-refractivity contribution < 1.29 is 9.05 Å². The fraction of sp³-hybridized carbons (Fsp3) is 0.556. The van der Waals surface area contributed by atoms with Gasteiger partial charge in [-0.3, -0.25) is 0 Å². The molecule has 4 heteroatoms. The molecule has 0 N–H and O–H groups in total. The number of hydrogen-bond acceptors (Lipinski definition) is 3. The van der Waals surface area contributed by atoms with Gasteiger partial charge in [-0.2, -0.15) is 0 Å². The highest BCUT2D eigenvalue weighted by atomic mass is 32.5. The summed E-state index contributed by atoms with van der Waals surface area (Å²) in [5.41, 5.74) is 1.31. The summed E-state index contributed by atoms with van der Waals surface area (Å²) < 4.78 is 12.8. The zero-order valence-corrected chi connectivity index (χ0v) is 15.1. The molecular weight excluding hydrogens is 311 g/mol. The summed E-state index contributed by atoms with van der Waals surface area (Å²) in [5, 5.41) is 0. The topological polar surface area (TPSA) is 18.5 Å². The summed E-state index contributed by atoms with van der Waals surface area (Å²) >= 11 is 5.78. The third-order valence-electron chi connectivity index (χ3n) is 6.15. The molecule has 4 aliphatic rings. The molecule has 0 radical (unpaired) electrons. The zero-order chi connectivity index (χ0) is 15.6. The molecule has 1 aliphatic heterocycles. The van der Waals surface area contributed by atoms with Crippen LogP contribution in [-0.2, 0) is 20.9 Å². The van der Waals surface area contributed by atoms with Crippen molar-refractivity contribution in [2.24, 2.45) is 17.3 Å². The zero-order valence-electron chi connectivity index (χ0n) is 13.4. The van der Waals surface area contributed by atoms with Crippen LogP contribution in [0.1, 0.15) is 39.2 Å². The normalized spacial score (nSPS) is 45.5. The first-order valence-corrected chi connectivity index (χ1v) is 10.8. The van der Waals surface area contributed by atoms with Crippen LogP contribution in [0.25, 0.3) is 6.08 Å². The molecule has 5 atom stereocenters. The summed E-state index contributed by atoms with van der Waals surface area (Å²) in [6.07, 6.45) is 4.59. The van der Waals surface area contributed by atoms with E-state index in [1.165, 1.54) is 6.42 Å². The standard InChI is InChI=1S/C18H23O2PS/c1-17(2)14-11-15(17)18(3)16(12-14)19-21(22,20-18)10-9-13-7-5-4-6-8-13/h4-10,14-16H,11-12H2,1-3H3/b10-9-/t14-,15-,16+,18-,21?/m1/s1. The first-order chi connectivity index (χ1) is 10.3. The van der Waals surface area contributed by atoms with E-state index in [0.717, 1.165) is 17.9 Å². The van der Waals surface area contributed by atoms with Crippen LogP contribution in [0.4, 0.5) is 0 Å². The molecule has 4 fully saturated rings. The summed E-state index contributed by atoms with van der Waals surface area (Å²) in [4.78, 5) is 0. The van der Waals surface area contributed by atoms with Crippen LogP contribution in [0.3, 0.4) is 0 Å². The van der Waals surface area contributed by atoms with Crippen LogP contribution in [0.5, 0.6) is 0 Å². The minimum atomic E-state index is -2.32. The van der Waals surface area contributed by atoms with Crippen molar-refractivity contribution in [2.75, 3.05) is 0 Å². The minimum Gasteiger partial charge on any atom is -0.320 e. The van der Waals surface area contributed by atoms with Gasteiger partial charge in [0.05, 0.1) is 6.10 Å². The second kappa shape index (κ2) is 4.77. The largest absolute Gasteiger partial charge is 0.320 e. The maximum absolute atomic E-state index is 6.46. The molecule has 5 rings (SSSR count). The lowest BCUT2D eigenvalue weighted by Crippen LogP contribution is -2.65. The van der Waals surface area contributed by atoms with Crippen molar-refractivity contribution in [3.8, 4) is 0 Å². The van der Waals surface area contributed by atoms with E-state index < -0.39 is 6.49 Å². The van der Waals surface area contributed by atoms with Gasteiger partial charge < -0.3 is 9.05 Å². The van der Waals surface area contributed by atoms with Crippen LogP contribution in [-0.4, -0.2) is 11.7 Å². The van der Waals surface area contributed by atoms with Gasteiger partial charge in [0.15, 0.2) is 0 Å². The Morgan fingerprint density at radius 1 is 1.18 bits per heavy atom. The number of rotatable bonds is 2. The van der Waals surface area contributed by atoms with Crippen LogP contribution < -0.4 is 0 Å². The predicted octanol–water partition coefficient (Wildman–Crippen LogP) is 5.21. The highest BCUT2D eigenvalue weighted by Gasteiger charge is 2.68. The molecule has 2 bridgehead atoms. The Labute approximate surface area is 138 Å². The van der Waals surface area contributed by atoms with E-state index in [9.17, 15) is 0 Å². The van der Waals surface area contributed by atoms with E-state index in [1.54, 1.807) is 0 Å². The van der Waals surface area contributed by atoms with Crippen molar-refractivity contribution in [3.05, 3.63) is 41.7 Å². The quantitative estimate of drug-likeness (QED) is 0.692. The third kappa shape index (κ3) is 2.10. The smallest absolute Gasteiger partial charge is 0.213 e. The predicted molar refractivity (Wildman–Crippen MR) is 94.1 cm³/mol. The monoisotopic (exact) mass is 334 g/mol. The first-order valence-electron chi connectivity index (χ1n) is 8.07. The lowest BCUT2D eigenvalue weighted by atomic mass is 9.43. The molecule has 0 aromatic heterocycles. The second-order valence-corrected chi connectivity index (χ2v) is 11.0. The number of benzene rings is 1. The van der Waals surface area contributed by atoms with E-state index in [2.05, 4.69) is 39.0 Å². The molecular formula is C18H23O2PS. The molecule has 1 unspecified atom stereocenters. The second-order valence-electron chi connectivity index (χ2n) is 7.68. The van der Waals surface area contributed by atoms with Gasteiger partial charge in [-0.1, -0.05) is 44.2 Å². The van der Waals surface area contributed by atoms with Crippen molar-refractivity contribution in [2.45, 2.75) is 45.3 Å². The van der Waals surface area contributed by atoms with Gasteiger partial charge in [0, 0.05) is 5.82 Å². The average molecular weight is 334 g/mol. The van der Waals surface area contributed by atoms with Crippen molar-refractivity contribution in [1.82, 2.24) is 0 Å². The van der Waals surface area contributed by atoms with E-state index in [-0.39, 0.29) is 11.7 Å². The third-order valence-corrected chi connectivity index (χ3v) is 8.70. The molecule has 1 aromatic carbocycles. The Balaban J connectivity index is 1.59. The minimum absolute atomic E-state index is 0.176. The van der Waals surface area contributed by atoms with E-state index >= 15 is 0 Å². The summed E-state index contributed by atoms with van der Waals surface area (Å²) in [7, 11) is 0. The van der Waals surface area contributed by atoms with E-state index in [4.69, 9.17) is 20.9 Å². The van der Waals surface area contributed by atoms with Gasteiger partial charge >= 0.3 is 0 Å². The van der Waals surface area contributed by atoms with Gasteiger partial charge in [-0.05, 0) is 60.5 Å². The van der Waals surface area contributed by atoms with E-state index in [0.29, 0.717) is 11.3 Å². The Kier molecular flexibility index (Phi) is 3.27. The molecule has 3 aliphatic carbocycles. The Morgan fingerprint density at radius 3 is 2.59 bits per heavy atom. The Hall–Kier alpha value is -0.470. The van der Waals surface area contributed by atoms with Crippen LogP contribution in [0.15, 0.2) is 36.1 Å². The van der Waals surface area contributed by atoms with Crippen molar-refractivity contribution >= 4 is 24.4 Å². The molecule has 1 saturated heterocycles. The Bertz CT molecular complexity index is 669. The molecule has 1 heterocycles. The fourth-order valence-corrected chi connectivity index (χ4v) is 7.60. The van der Waals surface area contributed by atoms with Gasteiger partial charge in [0.1, 0.15) is 5.60 Å². The van der Waals surface area contributed by atoms with Gasteiger partial charge in [0.25, 0.3) is 0 Å². The van der Waals surface area contributed by atoms with Gasteiger partial charge in [-0.15, -0.1) is 0 Å². The summed E-state index contributed by atoms with van der Waals surface area (Å²) in [5.74, 6) is 3.34. The maximum Gasteiger partial charge on any atom is 0.213 e. The highest BCUT2D eigenvalue weighted by molar-refractivity contribution is 8.11. The van der Waals surface area contributed by atoms with Gasteiger partial charge in [0.2, 0.25) is 6.49 Å². The molecule has 118 valence electrons. The summed E-state index contributed by atoms with van der Waals surface area (Å²) in [6.45, 7) is 4.65. The maximum atomic E-state index is 6.46. The SMILES string of the molecule is CC1(C)[C@H]2C[C@@H]3OP(=S)(/C=C\c4ccccc4)O[C@]3(C)[C@@H]1C2. The molecule has 0 spiro atoms.